The molecule has 1 saturated heterocycles. The topological polar surface area (TPSA) is 28.2 Å². The largest absolute Gasteiger partial charge is 0.308 e. The molecule has 0 bridgehead atoms. The van der Waals surface area contributed by atoms with Gasteiger partial charge >= 0.3 is 0 Å². The van der Waals surface area contributed by atoms with Gasteiger partial charge < -0.3 is 5.32 Å². The summed E-state index contributed by atoms with van der Waals surface area (Å²) in [4.78, 5) is 8.26. The lowest BCUT2D eigenvalue weighted by molar-refractivity contribution is 0.183. The van der Waals surface area contributed by atoms with Crippen molar-refractivity contribution < 1.29 is 0 Å². The smallest absolute Gasteiger partial charge is 0.0798 e. The summed E-state index contributed by atoms with van der Waals surface area (Å²) in [6, 6.07) is 11.4. The van der Waals surface area contributed by atoms with Gasteiger partial charge in [-0.2, -0.15) is 0 Å². The van der Waals surface area contributed by atoms with Crippen molar-refractivity contribution in [3.05, 3.63) is 52.0 Å². The lowest BCUT2D eigenvalue weighted by Gasteiger charge is -2.33. The Morgan fingerprint density at radius 1 is 1.33 bits per heavy atom. The summed E-state index contributed by atoms with van der Waals surface area (Å²) >= 11 is 1.75. The van der Waals surface area contributed by atoms with Crippen molar-refractivity contribution in [2.24, 2.45) is 0 Å². The fraction of sp³-hybridized carbons (Fsp3) is 0.471. The third kappa shape index (κ3) is 4.13. The van der Waals surface area contributed by atoms with Gasteiger partial charge in [0.25, 0.3) is 0 Å². The van der Waals surface area contributed by atoms with Crippen molar-refractivity contribution in [2.75, 3.05) is 13.1 Å². The van der Waals surface area contributed by atoms with E-state index in [0.29, 0.717) is 6.04 Å². The Bertz CT molecular complexity index is 552. The molecule has 0 spiro atoms. The van der Waals surface area contributed by atoms with E-state index in [1.165, 1.54) is 35.5 Å². The number of benzene rings is 1. The first-order valence-electron chi connectivity index (χ1n) is 7.70. The normalized spacial score (nSPS) is 19.8. The molecular weight excluding hydrogens is 278 g/mol. The van der Waals surface area contributed by atoms with Crippen LogP contribution in [0.25, 0.3) is 0 Å². The van der Waals surface area contributed by atoms with Crippen molar-refractivity contribution in [1.29, 1.82) is 0 Å². The van der Waals surface area contributed by atoms with Crippen LogP contribution in [0.1, 0.15) is 29.0 Å². The first kappa shape index (κ1) is 14.7. The summed E-state index contributed by atoms with van der Waals surface area (Å²) in [5.41, 5.74) is 4.52. The van der Waals surface area contributed by atoms with E-state index in [0.717, 1.165) is 19.6 Å². The van der Waals surface area contributed by atoms with Gasteiger partial charge in [-0.3, -0.25) is 4.90 Å². The molecule has 0 aliphatic carbocycles. The van der Waals surface area contributed by atoms with Gasteiger partial charge in [-0.15, -0.1) is 11.3 Å². The van der Waals surface area contributed by atoms with Gasteiger partial charge in [-0.25, -0.2) is 4.98 Å². The third-order valence-electron chi connectivity index (χ3n) is 4.15. The van der Waals surface area contributed by atoms with Crippen LogP contribution in [-0.2, 0) is 13.1 Å². The van der Waals surface area contributed by atoms with E-state index in [4.69, 9.17) is 0 Å². The Kier molecular flexibility index (Phi) is 5.01. The van der Waals surface area contributed by atoms with Crippen LogP contribution >= 0.6 is 11.3 Å². The number of thiazole rings is 1. The highest BCUT2D eigenvalue weighted by molar-refractivity contribution is 7.09. The van der Waals surface area contributed by atoms with Crippen molar-refractivity contribution >= 4 is 11.3 Å². The van der Waals surface area contributed by atoms with Crippen LogP contribution in [0, 0.1) is 6.92 Å². The molecular formula is C17H23N3S. The first-order chi connectivity index (χ1) is 10.3. The lowest BCUT2D eigenvalue weighted by atomic mass is 10.0. The van der Waals surface area contributed by atoms with Crippen LogP contribution < -0.4 is 5.32 Å². The summed E-state index contributed by atoms with van der Waals surface area (Å²) in [7, 11) is 0. The molecule has 1 N–H and O–H groups in total. The summed E-state index contributed by atoms with van der Waals surface area (Å²) in [6.45, 7) is 6.48. The SMILES string of the molecule is Cc1ncsc1CNC1CCCN(Cc2ccccc2)C1. The number of nitrogens with zero attached hydrogens (tertiary/aromatic N) is 2. The molecule has 1 atom stereocenters. The molecule has 2 heterocycles. The van der Waals surface area contributed by atoms with E-state index in [1.54, 1.807) is 11.3 Å². The number of hydrogen-bond donors (Lipinski definition) is 1. The molecule has 2 aromatic rings. The van der Waals surface area contributed by atoms with Gasteiger partial charge in [-0.05, 0) is 31.9 Å². The molecule has 1 aliphatic rings. The van der Waals surface area contributed by atoms with Gasteiger partial charge in [0.05, 0.1) is 11.2 Å². The molecule has 1 aliphatic heterocycles. The van der Waals surface area contributed by atoms with Gasteiger partial charge in [0.2, 0.25) is 0 Å². The third-order valence-corrected chi connectivity index (χ3v) is 5.09. The van der Waals surface area contributed by atoms with Crippen LogP contribution in [0.3, 0.4) is 0 Å². The van der Waals surface area contributed by atoms with Crippen molar-refractivity contribution in [2.45, 2.75) is 38.9 Å². The highest BCUT2D eigenvalue weighted by Crippen LogP contribution is 2.16. The zero-order chi connectivity index (χ0) is 14.5. The molecule has 21 heavy (non-hydrogen) atoms. The summed E-state index contributed by atoms with van der Waals surface area (Å²) in [6.07, 6.45) is 2.56. The minimum atomic E-state index is 0.601. The molecule has 0 amide bonds. The Labute approximate surface area is 131 Å². The van der Waals surface area contributed by atoms with E-state index >= 15 is 0 Å². The number of likely N-dealkylation sites (tertiary alicyclic amines) is 1. The van der Waals surface area contributed by atoms with Crippen LogP contribution in [-0.4, -0.2) is 29.0 Å². The molecule has 1 aromatic heterocycles. The van der Waals surface area contributed by atoms with E-state index in [9.17, 15) is 0 Å². The fourth-order valence-electron chi connectivity index (χ4n) is 2.94. The molecule has 1 unspecified atom stereocenters. The predicted octanol–water partition coefficient (Wildman–Crippen LogP) is 3.21. The summed E-state index contributed by atoms with van der Waals surface area (Å²) in [5, 5.41) is 3.71. The molecule has 112 valence electrons. The molecule has 3 nitrogen and oxygen atoms in total. The maximum atomic E-state index is 4.32. The Morgan fingerprint density at radius 3 is 2.95 bits per heavy atom. The number of aromatic nitrogens is 1. The van der Waals surface area contributed by atoms with Gasteiger partial charge in [0.1, 0.15) is 0 Å². The van der Waals surface area contributed by atoms with Crippen LogP contribution in [0.5, 0.6) is 0 Å². The molecule has 1 aromatic carbocycles. The molecule has 4 heteroatoms. The average Bonchev–Trinajstić information content (AvgIpc) is 2.92. The van der Waals surface area contributed by atoms with E-state index in [1.807, 2.05) is 5.51 Å². The number of nitrogens with one attached hydrogen (secondary N) is 1. The number of aryl methyl sites for hydroxylation is 1. The van der Waals surface area contributed by atoms with Crippen molar-refractivity contribution in [3.63, 3.8) is 0 Å². The van der Waals surface area contributed by atoms with E-state index in [2.05, 4.69) is 52.5 Å². The number of hydrogen-bond acceptors (Lipinski definition) is 4. The fourth-order valence-corrected chi connectivity index (χ4v) is 3.67. The highest BCUT2D eigenvalue weighted by atomic mass is 32.1. The number of rotatable bonds is 5. The minimum absolute atomic E-state index is 0.601. The summed E-state index contributed by atoms with van der Waals surface area (Å²) < 4.78 is 0. The predicted molar refractivity (Wildman–Crippen MR) is 88.4 cm³/mol. The lowest BCUT2D eigenvalue weighted by Crippen LogP contribution is -2.44. The zero-order valence-corrected chi connectivity index (χ0v) is 13.4. The van der Waals surface area contributed by atoms with Crippen molar-refractivity contribution in [3.8, 4) is 0 Å². The highest BCUT2D eigenvalue weighted by Gasteiger charge is 2.19. The maximum absolute atomic E-state index is 4.32. The summed E-state index contributed by atoms with van der Waals surface area (Å²) in [5.74, 6) is 0. The second-order valence-corrected chi connectivity index (χ2v) is 6.74. The second kappa shape index (κ2) is 7.16. The van der Waals surface area contributed by atoms with E-state index < -0.39 is 0 Å². The van der Waals surface area contributed by atoms with Crippen LogP contribution in [0.15, 0.2) is 35.8 Å². The van der Waals surface area contributed by atoms with Gasteiger partial charge in [0.15, 0.2) is 0 Å². The molecule has 0 saturated carbocycles. The van der Waals surface area contributed by atoms with Crippen LogP contribution in [0.2, 0.25) is 0 Å². The maximum Gasteiger partial charge on any atom is 0.0798 e. The van der Waals surface area contributed by atoms with Crippen LogP contribution in [0.4, 0.5) is 0 Å². The first-order valence-corrected chi connectivity index (χ1v) is 8.58. The molecule has 0 radical (unpaired) electrons. The van der Waals surface area contributed by atoms with Gasteiger partial charge in [-0.1, -0.05) is 30.3 Å². The molecule has 3 rings (SSSR count). The van der Waals surface area contributed by atoms with E-state index in [-0.39, 0.29) is 0 Å². The number of piperidine rings is 1. The monoisotopic (exact) mass is 301 g/mol. The Hall–Kier alpha value is -1.23. The minimum Gasteiger partial charge on any atom is -0.308 e. The average molecular weight is 301 g/mol. The van der Waals surface area contributed by atoms with Crippen molar-refractivity contribution in [1.82, 2.24) is 15.2 Å². The van der Waals surface area contributed by atoms with Gasteiger partial charge in [0, 0.05) is 30.6 Å². The second-order valence-electron chi connectivity index (χ2n) is 5.80. The quantitative estimate of drug-likeness (QED) is 0.919. The molecule has 1 fully saturated rings. The Balaban J connectivity index is 1.50. The Morgan fingerprint density at radius 2 is 2.19 bits per heavy atom. The zero-order valence-electron chi connectivity index (χ0n) is 12.6. The standard InChI is InChI=1S/C17H23N3S/c1-14-17(21-13-19-14)10-18-16-8-5-9-20(12-16)11-15-6-3-2-4-7-15/h2-4,6-7,13,16,18H,5,8-12H2,1H3.